The quantitative estimate of drug-likeness (QED) is 0.0447. The number of hydrogen-bond acceptors (Lipinski definition) is 6. The lowest BCUT2D eigenvalue weighted by Crippen LogP contribution is -2.42. The van der Waals surface area contributed by atoms with Crippen LogP contribution in [0.3, 0.4) is 0 Å². The van der Waals surface area contributed by atoms with Crippen molar-refractivity contribution in [1.29, 1.82) is 0 Å². The molecule has 390 valence electrons. The van der Waals surface area contributed by atoms with Crippen LogP contribution in [0, 0.1) is 11.8 Å². The standard InChI is InChI=1S/C59H114N2O5/c1-6-11-16-19-26-33-45-57(62)61(51-38-50-60-48-36-37-49-60)56(43-31-24-20-22-27-34-46-58(63)65-52-54(39-14-9-4)41-29-17-12-7-2)44-32-25-21-23-28-35-47-59(64)66-53-55(40-15-10-5)42-30-18-13-8-3/h54-56H,6-53H2,1-5H3. The van der Waals surface area contributed by atoms with E-state index in [4.69, 9.17) is 9.47 Å². The fourth-order valence-electron chi connectivity index (χ4n) is 10.2. The highest BCUT2D eigenvalue weighted by atomic mass is 16.5. The Kier molecular flexibility index (Phi) is 44.5. The van der Waals surface area contributed by atoms with Crippen LogP contribution < -0.4 is 0 Å². The van der Waals surface area contributed by atoms with Crippen LogP contribution >= 0.6 is 0 Å². The lowest BCUT2D eigenvalue weighted by Gasteiger charge is -2.33. The van der Waals surface area contributed by atoms with Crippen LogP contribution in [-0.4, -0.2) is 73.1 Å². The smallest absolute Gasteiger partial charge is 0.305 e. The summed E-state index contributed by atoms with van der Waals surface area (Å²) in [5.74, 6) is 1.45. The third kappa shape index (κ3) is 37.3. The molecular formula is C59H114N2O5. The van der Waals surface area contributed by atoms with Crippen molar-refractivity contribution in [2.24, 2.45) is 11.8 Å². The van der Waals surface area contributed by atoms with Gasteiger partial charge in [0.15, 0.2) is 0 Å². The van der Waals surface area contributed by atoms with E-state index in [0.29, 0.717) is 56.3 Å². The van der Waals surface area contributed by atoms with Gasteiger partial charge >= 0.3 is 11.9 Å². The Morgan fingerprint density at radius 1 is 0.409 bits per heavy atom. The fraction of sp³-hybridized carbons (Fsp3) is 0.949. The molecule has 1 fully saturated rings. The van der Waals surface area contributed by atoms with Gasteiger partial charge in [0.25, 0.3) is 0 Å². The number of amides is 1. The second kappa shape index (κ2) is 47.1. The summed E-state index contributed by atoms with van der Waals surface area (Å²) < 4.78 is 11.6. The third-order valence-electron chi connectivity index (χ3n) is 14.7. The largest absolute Gasteiger partial charge is 0.465 e. The predicted molar refractivity (Wildman–Crippen MR) is 283 cm³/mol. The number of carbonyl (C=O) groups excluding carboxylic acids is 3. The fourth-order valence-corrected chi connectivity index (χ4v) is 10.2. The minimum Gasteiger partial charge on any atom is -0.465 e. The number of ether oxygens (including phenoxy) is 2. The number of nitrogens with zero attached hydrogens (tertiary/aromatic N) is 2. The van der Waals surface area contributed by atoms with Crippen LogP contribution in [0.5, 0.6) is 0 Å². The molecule has 2 atom stereocenters. The summed E-state index contributed by atoms with van der Waals surface area (Å²) in [5.41, 5.74) is 0. The van der Waals surface area contributed by atoms with E-state index < -0.39 is 0 Å². The molecule has 1 aliphatic heterocycles. The Labute approximate surface area is 411 Å². The van der Waals surface area contributed by atoms with Crippen molar-refractivity contribution in [3.8, 4) is 0 Å². The third-order valence-corrected chi connectivity index (χ3v) is 14.7. The molecule has 0 aromatic carbocycles. The number of hydrogen-bond donors (Lipinski definition) is 0. The minimum absolute atomic E-state index is 0.00193. The summed E-state index contributed by atoms with van der Waals surface area (Å²) in [5, 5.41) is 0. The molecule has 66 heavy (non-hydrogen) atoms. The molecule has 1 heterocycles. The second-order valence-electron chi connectivity index (χ2n) is 21.1. The number of likely N-dealkylation sites (tertiary alicyclic amines) is 1. The van der Waals surface area contributed by atoms with E-state index in [9.17, 15) is 14.4 Å². The Hall–Kier alpha value is -1.63. The number of unbranched alkanes of at least 4 members (excludes halogenated alkanes) is 23. The number of carbonyl (C=O) groups is 3. The van der Waals surface area contributed by atoms with E-state index in [0.717, 1.165) is 64.5 Å². The molecule has 0 aromatic rings. The molecular weight excluding hydrogens is 817 g/mol. The van der Waals surface area contributed by atoms with E-state index in [1.54, 1.807) is 0 Å². The van der Waals surface area contributed by atoms with Crippen LogP contribution in [0.1, 0.15) is 304 Å². The van der Waals surface area contributed by atoms with Gasteiger partial charge < -0.3 is 19.3 Å². The SMILES string of the molecule is CCCCCCCCC(=O)N(CCCN1CCCC1)C(CCCCCCCCC(=O)OCC(CCCC)CCCCCC)CCCCCCCCC(=O)OCC(CCCC)CCCCCC. The van der Waals surface area contributed by atoms with Crippen molar-refractivity contribution in [3.05, 3.63) is 0 Å². The zero-order valence-electron chi connectivity index (χ0n) is 45.1. The van der Waals surface area contributed by atoms with Crippen molar-refractivity contribution >= 4 is 17.8 Å². The van der Waals surface area contributed by atoms with Crippen molar-refractivity contribution in [2.75, 3.05) is 39.4 Å². The molecule has 0 aliphatic carbocycles. The van der Waals surface area contributed by atoms with Gasteiger partial charge in [-0.05, 0) is 109 Å². The number of esters is 2. The Balaban J connectivity index is 2.62. The van der Waals surface area contributed by atoms with Crippen LogP contribution in [0.2, 0.25) is 0 Å². The Bertz CT molecular complexity index is 1020. The zero-order chi connectivity index (χ0) is 48.0. The monoisotopic (exact) mass is 931 g/mol. The lowest BCUT2D eigenvalue weighted by molar-refractivity contribution is -0.146. The van der Waals surface area contributed by atoms with Gasteiger partial charge in [0.1, 0.15) is 0 Å². The van der Waals surface area contributed by atoms with Crippen molar-refractivity contribution < 1.29 is 23.9 Å². The summed E-state index contributed by atoms with van der Waals surface area (Å²) >= 11 is 0. The highest BCUT2D eigenvalue weighted by Gasteiger charge is 2.24. The molecule has 1 amide bonds. The molecule has 0 spiro atoms. The Morgan fingerprint density at radius 2 is 0.758 bits per heavy atom. The molecule has 0 radical (unpaired) electrons. The second-order valence-corrected chi connectivity index (χ2v) is 21.1. The summed E-state index contributed by atoms with van der Waals surface area (Å²) in [4.78, 5) is 44.3. The van der Waals surface area contributed by atoms with Gasteiger partial charge in [0.05, 0.1) is 13.2 Å². The highest BCUT2D eigenvalue weighted by Crippen LogP contribution is 2.24. The average molecular weight is 932 g/mol. The summed E-state index contributed by atoms with van der Waals surface area (Å²) in [6.45, 7) is 17.0. The predicted octanol–water partition coefficient (Wildman–Crippen LogP) is 17.3. The van der Waals surface area contributed by atoms with Gasteiger partial charge in [0, 0.05) is 31.8 Å². The van der Waals surface area contributed by atoms with Crippen LogP contribution in [-0.2, 0) is 23.9 Å². The highest BCUT2D eigenvalue weighted by molar-refractivity contribution is 5.76. The van der Waals surface area contributed by atoms with Crippen molar-refractivity contribution in [2.45, 2.75) is 310 Å². The maximum atomic E-state index is 14.1. The van der Waals surface area contributed by atoms with E-state index in [-0.39, 0.29) is 11.9 Å². The van der Waals surface area contributed by atoms with E-state index >= 15 is 0 Å². The maximum absolute atomic E-state index is 14.1. The van der Waals surface area contributed by atoms with Crippen LogP contribution in [0.25, 0.3) is 0 Å². The molecule has 1 rings (SSSR count). The van der Waals surface area contributed by atoms with Crippen LogP contribution in [0.15, 0.2) is 0 Å². The van der Waals surface area contributed by atoms with Gasteiger partial charge in [-0.2, -0.15) is 0 Å². The van der Waals surface area contributed by atoms with Crippen molar-refractivity contribution in [3.63, 3.8) is 0 Å². The normalized spacial score (nSPS) is 14.4. The summed E-state index contributed by atoms with van der Waals surface area (Å²) in [6, 6.07) is 0.335. The first-order valence-corrected chi connectivity index (χ1v) is 29.7. The topological polar surface area (TPSA) is 76.2 Å². The molecule has 0 aromatic heterocycles. The van der Waals surface area contributed by atoms with Gasteiger partial charge in [-0.3, -0.25) is 14.4 Å². The summed E-state index contributed by atoms with van der Waals surface area (Å²) in [6.07, 6.45) is 48.4. The molecule has 1 aliphatic rings. The van der Waals surface area contributed by atoms with E-state index in [1.807, 2.05) is 0 Å². The molecule has 7 heteroatoms. The van der Waals surface area contributed by atoms with E-state index in [2.05, 4.69) is 44.4 Å². The zero-order valence-corrected chi connectivity index (χ0v) is 45.1. The Morgan fingerprint density at radius 3 is 1.20 bits per heavy atom. The first-order chi connectivity index (χ1) is 32.4. The summed E-state index contributed by atoms with van der Waals surface area (Å²) in [7, 11) is 0. The van der Waals surface area contributed by atoms with Gasteiger partial charge in [-0.25, -0.2) is 0 Å². The van der Waals surface area contributed by atoms with Crippen molar-refractivity contribution in [1.82, 2.24) is 9.80 Å². The molecule has 2 unspecified atom stereocenters. The molecule has 0 N–H and O–H groups in total. The molecule has 7 nitrogen and oxygen atoms in total. The molecule has 1 saturated heterocycles. The maximum Gasteiger partial charge on any atom is 0.305 e. The number of rotatable bonds is 50. The molecule has 0 bridgehead atoms. The first-order valence-electron chi connectivity index (χ1n) is 29.7. The van der Waals surface area contributed by atoms with Gasteiger partial charge in [0.2, 0.25) is 5.91 Å². The van der Waals surface area contributed by atoms with Gasteiger partial charge in [-0.1, -0.05) is 208 Å². The average Bonchev–Trinajstić information content (AvgIpc) is 3.85. The molecule has 0 saturated carbocycles. The minimum atomic E-state index is -0.00193. The first kappa shape index (κ1) is 62.4. The lowest BCUT2D eigenvalue weighted by atomic mass is 9.96. The van der Waals surface area contributed by atoms with Gasteiger partial charge in [-0.15, -0.1) is 0 Å². The van der Waals surface area contributed by atoms with E-state index in [1.165, 1.54) is 212 Å². The van der Waals surface area contributed by atoms with Crippen LogP contribution in [0.4, 0.5) is 0 Å².